The van der Waals surface area contributed by atoms with Gasteiger partial charge in [-0.05, 0) is 61.4 Å². The Bertz CT molecular complexity index is 515. The first kappa shape index (κ1) is 14.5. The molecule has 0 spiro atoms. The number of rotatable bonds is 3. The van der Waals surface area contributed by atoms with Crippen LogP contribution in [0.4, 0.5) is 0 Å². The van der Waals surface area contributed by atoms with E-state index in [1.165, 1.54) is 11.3 Å². The summed E-state index contributed by atoms with van der Waals surface area (Å²) >= 11 is 4.53. The van der Waals surface area contributed by atoms with Gasteiger partial charge in [0, 0.05) is 12.1 Å². The summed E-state index contributed by atoms with van der Waals surface area (Å²) in [6.45, 7) is 3.06. The van der Waals surface area contributed by atoms with Crippen LogP contribution in [0.2, 0.25) is 0 Å². The standard InChI is InChI=1S/C11H17BrN2O2S2/c1-8-7-9(5-6-14(8)2)13-18(15,16)11-4-3-10(12)17-11/h3-4,8-9,13H,5-7H2,1-2H3. The van der Waals surface area contributed by atoms with Crippen LogP contribution in [0.1, 0.15) is 19.8 Å². The molecule has 1 N–H and O–H groups in total. The van der Waals surface area contributed by atoms with Gasteiger partial charge < -0.3 is 4.90 Å². The molecule has 0 saturated carbocycles. The highest BCUT2D eigenvalue weighted by Gasteiger charge is 2.27. The number of halogens is 1. The number of nitrogens with zero attached hydrogens (tertiary/aromatic N) is 1. The van der Waals surface area contributed by atoms with E-state index in [0.29, 0.717) is 10.3 Å². The van der Waals surface area contributed by atoms with Crippen LogP contribution in [-0.4, -0.2) is 39.0 Å². The molecule has 0 bridgehead atoms. The summed E-state index contributed by atoms with van der Waals surface area (Å²) < 4.78 is 28.4. The van der Waals surface area contributed by atoms with Crippen LogP contribution in [0, 0.1) is 0 Å². The normalized spacial score (nSPS) is 26.4. The summed E-state index contributed by atoms with van der Waals surface area (Å²) in [4.78, 5) is 2.26. The van der Waals surface area contributed by atoms with E-state index in [2.05, 4.69) is 39.5 Å². The molecule has 1 aliphatic rings. The van der Waals surface area contributed by atoms with Crippen molar-refractivity contribution in [1.82, 2.24) is 9.62 Å². The molecule has 1 aromatic heterocycles. The smallest absolute Gasteiger partial charge is 0.250 e. The zero-order chi connectivity index (χ0) is 13.3. The number of thiophene rings is 1. The fourth-order valence-electron chi connectivity index (χ4n) is 2.12. The number of likely N-dealkylation sites (tertiary alicyclic amines) is 1. The third kappa shape index (κ3) is 3.33. The maximum absolute atomic E-state index is 12.2. The van der Waals surface area contributed by atoms with Crippen LogP contribution in [0.3, 0.4) is 0 Å². The van der Waals surface area contributed by atoms with Gasteiger partial charge in [0.05, 0.1) is 3.79 Å². The van der Waals surface area contributed by atoms with E-state index in [-0.39, 0.29) is 6.04 Å². The molecule has 1 aliphatic heterocycles. The first-order valence-electron chi connectivity index (χ1n) is 5.86. The van der Waals surface area contributed by atoms with Gasteiger partial charge in [0.15, 0.2) is 0 Å². The molecule has 7 heteroatoms. The highest BCUT2D eigenvalue weighted by Crippen LogP contribution is 2.27. The third-order valence-corrected chi connectivity index (χ3v) is 6.98. The second-order valence-electron chi connectivity index (χ2n) is 4.73. The van der Waals surface area contributed by atoms with Crippen LogP contribution >= 0.6 is 27.3 Å². The summed E-state index contributed by atoms with van der Waals surface area (Å²) in [5.41, 5.74) is 0. The second kappa shape index (κ2) is 5.58. The largest absolute Gasteiger partial charge is 0.304 e. The highest BCUT2D eigenvalue weighted by atomic mass is 79.9. The van der Waals surface area contributed by atoms with Crippen LogP contribution in [0.5, 0.6) is 0 Å². The Kier molecular flexibility index (Phi) is 4.48. The zero-order valence-electron chi connectivity index (χ0n) is 10.4. The molecule has 2 rings (SSSR count). The number of hydrogen-bond donors (Lipinski definition) is 1. The van der Waals surface area contributed by atoms with Crippen LogP contribution in [-0.2, 0) is 10.0 Å². The Balaban J connectivity index is 2.05. The molecule has 2 heterocycles. The Morgan fingerprint density at radius 2 is 2.22 bits per heavy atom. The van der Waals surface area contributed by atoms with Crippen LogP contribution in [0.15, 0.2) is 20.1 Å². The van der Waals surface area contributed by atoms with Crippen LogP contribution < -0.4 is 4.72 Å². The van der Waals surface area contributed by atoms with E-state index >= 15 is 0 Å². The Morgan fingerprint density at radius 1 is 1.50 bits per heavy atom. The van der Waals surface area contributed by atoms with Crippen molar-refractivity contribution < 1.29 is 8.42 Å². The molecule has 2 atom stereocenters. The first-order chi connectivity index (χ1) is 8.38. The number of piperidine rings is 1. The molecule has 1 saturated heterocycles. The lowest BCUT2D eigenvalue weighted by atomic mass is 10.0. The molecule has 102 valence electrons. The summed E-state index contributed by atoms with van der Waals surface area (Å²) in [7, 11) is -1.28. The monoisotopic (exact) mass is 352 g/mol. The van der Waals surface area contributed by atoms with Gasteiger partial charge >= 0.3 is 0 Å². The minimum absolute atomic E-state index is 0.0436. The molecular formula is C11H17BrN2O2S2. The lowest BCUT2D eigenvalue weighted by molar-refractivity contribution is 0.178. The van der Waals surface area contributed by atoms with E-state index < -0.39 is 10.0 Å². The third-order valence-electron chi connectivity index (χ3n) is 3.34. The molecule has 1 aromatic rings. The SMILES string of the molecule is CC1CC(NS(=O)(=O)c2ccc(Br)s2)CCN1C. The average molecular weight is 353 g/mol. The van der Waals surface area contributed by atoms with Crippen molar-refractivity contribution in [3.05, 3.63) is 15.9 Å². The maximum atomic E-state index is 12.2. The average Bonchev–Trinajstić information content (AvgIpc) is 2.71. The van der Waals surface area contributed by atoms with Crippen molar-refractivity contribution in [3.63, 3.8) is 0 Å². The number of hydrogen-bond acceptors (Lipinski definition) is 4. The molecule has 4 nitrogen and oxygen atoms in total. The Morgan fingerprint density at radius 3 is 2.78 bits per heavy atom. The highest BCUT2D eigenvalue weighted by molar-refractivity contribution is 9.11. The summed E-state index contributed by atoms with van der Waals surface area (Å²) in [6, 6.07) is 3.86. The van der Waals surface area contributed by atoms with Gasteiger partial charge in [-0.25, -0.2) is 13.1 Å². The van der Waals surface area contributed by atoms with Gasteiger partial charge in [0.1, 0.15) is 4.21 Å². The topological polar surface area (TPSA) is 49.4 Å². The lowest BCUT2D eigenvalue weighted by Crippen LogP contribution is -2.47. The number of nitrogens with one attached hydrogen (secondary N) is 1. The fraction of sp³-hybridized carbons (Fsp3) is 0.636. The van der Waals surface area contributed by atoms with Gasteiger partial charge in [-0.3, -0.25) is 0 Å². The minimum atomic E-state index is -3.36. The maximum Gasteiger partial charge on any atom is 0.250 e. The van der Waals surface area contributed by atoms with Gasteiger partial charge in [0.2, 0.25) is 10.0 Å². The van der Waals surface area contributed by atoms with Gasteiger partial charge in [-0.1, -0.05) is 0 Å². The number of sulfonamides is 1. The predicted molar refractivity (Wildman–Crippen MR) is 77.5 cm³/mol. The van der Waals surface area contributed by atoms with Gasteiger partial charge in [-0.15, -0.1) is 11.3 Å². The van der Waals surface area contributed by atoms with E-state index in [1.54, 1.807) is 12.1 Å². The van der Waals surface area contributed by atoms with Crippen molar-refractivity contribution in [2.45, 2.75) is 36.1 Å². The molecule has 0 aromatic carbocycles. The van der Waals surface area contributed by atoms with E-state index in [0.717, 1.165) is 23.2 Å². The zero-order valence-corrected chi connectivity index (χ0v) is 13.6. The quantitative estimate of drug-likeness (QED) is 0.907. The first-order valence-corrected chi connectivity index (χ1v) is 8.95. The second-order valence-corrected chi connectivity index (χ2v) is 9.13. The van der Waals surface area contributed by atoms with Crippen molar-refractivity contribution in [2.24, 2.45) is 0 Å². The fourth-order valence-corrected chi connectivity index (χ4v) is 5.43. The Labute approximate surface area is 121 Å². The predicted octanol–water partition coefficient (Wildman–Crippen LogP) is 2.27. The van der Waals surface area contributed by atoms with E-state index in [9.17, 15) is 8.42 Å². The van der Waals surface area contributed by atoms with Gasteiger partial charge in [0.25, 0.3) is 0 Å². The molecule has 0 radical (unpaired) electrons. The molecular weight excluding hydrogens is 336 g/mol. The van der Waals surface area contributed by atoms with E-state index in [4.69, 9.17) is 0 Å². The lowest BCUT2D eigenvalue weighted by Gasteiger charge is -2.35. The molecule has 1 fully saturated rings. The van der Waals surface area contributed by atoms with Crippen molar-refractivity contribution in [2.75, 3.05) is 13.6 Å². The van der Waals surface area contributed by atoms with Gasteiger partial charge in [-0.2, -0.15) is 0 Å². The summed E-state index contributed by atoms with van der Waals surface area (Å²) in [5, 5.41) is 0. The molecule has 0 aliphatic carbocycles. The van der Waals surface area contributed by atoms with E-state index in [1.807, 2.05) is 0 Å². The van der Waals surface area contributed by atoms with Crippen molar-refractivity contribution in [1.29, 1.82) is 0 Å². The van der Waals surface area contributed by atoms with Crippen molar-refractivity contribution in [3.8, 4) is 0 Å². The molecule has 0 amide bonds. The Hall–Kier alpha value is 0.0500. The summed E-state index contributed by atoms with van der Waals surface area (Å²) in [6.07, 6.45) is 1.73. The molecule has 18 heavy (non-hydrogen) atoms. The summed E-state index contributed by atoms with van der Waals surface area (Å²) in [5.74, 6) is 0. The van der Waals surface area contributed by atoms with Crippen LogP contribution in [0.25, 0.3) is 0 Å². The minimum Gasteiger partial charge on any atom is -0.304 e. The van der Waals surface area contributed by atoms with Crippen molar-refractivity contribution >= 4 is 37.3 Å². The molecule has 2 unspecified atom stereocenters.